The Labute approximate surface area is 108 Å². The Kier molecular flexibility index (Phi) is 4.41. The third-order valence-electron chi connectivity index (χ3n) is 2.28. The topological polar surface area (TPSA) is 121 Å². The van der Waals surface area contributed by atoms with Gasteiger partial charge in [0.15, 0.2) is 0 Å². The molecule has 8 heteroatoms. The first-order valence-corrected chi connectivity index (χ1v) is 5.24. The number of carboxylic acids is 2. The van der Waals surface area contributed by atoms with Crippen LogP contribution >= 0.6 is 0 Å². The van der Waals surface area contributed by atoms with Gasteiger partial charge in [0.25, 0.3) is 5.69 Å². The van der Waals surface area contributed by atoms with Gasteiger partial charge in [0.2, 0.25) is 0 Å². The van der Waals surface area contributed by atoms with Gasteiger partial charge in [-0.2, -0.15) is 0 Å². The number of nitrogens with zero attached hydrogens (tertiary/aromatic N) is 2. The number of carboxylic acid groups (broad SMARTS) is 2. The molecule has 0 aliphatic carbocycles. The predicted molar refractivity (Wildman–Crippen MR) is 65.3 cm³/mol. The lowest BCUT2D eigenvalue weighted by atomic mass is 10.2. The molecule has 2 N–H and O–H groups in total. The summed E-state index contributed by atoms with van der Waals surface area (Å²) in [7, 11) is 0. The summed E-state index contributed by atoms with van der Waals surface area (Å²) >= 11 is 0. The molecular formula is C11H12N2O6. The molecule has 1 aromatic carbocycles. The molecule has 0 fully saturated rings. The van der Waals surface area contributed by atoms with E-state index in [-0.39, 0.29) is 11.4 Å². The zero-order chi connectivity index (χ0) is 14.6. The predicted octanol–water partition coefficient (Wildman–Crippen LogP) is 0.879. The number of hydrogen-bond acceptors (Lipinski definition) is 5. The lowest BCUT2D eigenvalue weighted by molar-refractivity contribution is -0.384. The molecule has 102 valence electrons. The number of aryl methyl sites for hydroxylation is 1. The highest BCUT2D eigenvalue weighted by atomic mass is 16.6. The van der Waals surface area contributed by atoms with Gasteiger partial charge in [-0.05, 0) is 18.6 Å². The molecule has 0 aliphatic rings. The molecule has 8 nitrogen and oxygen atoms in total. The highest BCUT2D eigenvalue weighted by Gasteiger charge is 2.17. The second kappa shape index (κ2) is 5.80. The molecule has 0 bridgehead atoms. The lowest BCUT2D eigenvalue weighted by Crippen LogP contribution is -2.34. The van der Waals surface area contributed by atoms with Crippen LogP contribution in [0, 0.1) is 17.0 Å². The van der Waals surface area contributed by atoms with Crippen LogP contribution in [-0.4, -0.2) is 40.2 Å². The van der Waals surface area contributed by atoms with Crippen molar-refractivity contribution in [2.75, 3.05) is 18.0 Å². The van der Waals surface area contributed by atoms with Gasteiger partial charge in [-0.1, -0.05) is 0 Å². The van der Waals surface area contributed by atoms with Crippen molar-refractivity contribution in [3.05, 3.63) is 33.9 Å². The summed E-state index contributed by atoms with van der Waals surface area (Å²) in [4.78, 5) is 32.6. The van der Waals surface area contributed by atoms with E-state index < -0.39 is 30.0 Å². The maximum Gasteiger partial charge on any atom is 0.323 e. The van der Waals surface area contributed by atoms with E-state index in [0.717, 1.165) is 11.0 Å². The van der Waals surface area contributed by atoms with E-state index in [2.05, 4.69) is 0 Å². The van der Waals surface area contributed by atoms with E-state index in [1.807, 2.05) is 0 Å². The number of benzene rings is 1. The fourth-order valence-corrected chi connectivity index (χ4v) is 1.60. The third-order valence-corrected chi connectivity index (χ3v) is 2.28. The van der Waals surface area contributed by atoms with E-state index in [1.165, 1.54) is 12.1 Å². The molecule has 0 aliphatic heterocycles. The van der Waals surface area contributed by atoms with Gasteiger partial charge < -0.3 is 15.1 Å². The molecule has 0 amide bonds. The molecule has 0 saturated heterocycles. The van der Waals surface area contributed by atoms with Crippen LogP contribution in [0.5, 0.6) is 0 Å². The number of aliphatic carboxylic acids is 2. The molecular weight excluding hydrogens is 256 g/mol. The van der Waals surface area contributed by atoms with E-state index in [1.54, 1.807) is 6.92 Å². The average molecular weight is 268 g/mol. The van der Waals surface area contributed by atoms with Crippen molar-refractivity contribution in [1.82, 2.24) is 0 Å². The fraction of sp³-hybridized carbons (Fsp3) is 0.273. The molecule has 0 saturated carbocycles. The number of anilines is 1. The monoisotopic (exact) mass is 268 g/mol. The first-order chi connectivity index (χ1) is 8.79. The molecule has 1 rings (SSSR count). The van der Waals surface area contributed by atoms with Crippen molar-refractivity contribution in [1.29, 1.82) is 0 Å². The zero-order valence-corrected chi connectivity index (χ0v) is 10.1. The van der Waals surface area contributed by atoms with Gasteiger partial charge in [-0.15, -0.1) is 0 Å². The highest BCUT2D eigenvalue weighted by Crippen LogP contribution is 2.23. The Balaban J connectivity index is 3.16. The third kappa shape index (κ3) is 4.26. The Hall–Kier alpha value is -2.64. The molecule has 0 spiro atoms. The smallest absolute Gasteiger partial charge is 0.323 e. The summed E-state index contributed by atoms with van der Waals surface area (Å²) in [5.41, 5.74) is 0.525. The van der Waals surface area contributed by atoms with Gasteiger partial charge in [-0.25, -0.2) is 0 Å². The number of non-ortho nitro benzene ring substituents is 1. The van der Waals surface area contributed by atoms with Crippen molar-refractivity contribution in [3.8, 4) is 0 Å². The minimum absolute atomic E-state index is 0.191. The largest absolute Gasteiger partial charge is 0.480 e. The summed E-state index contributed by atoms with van der Waals surface area (Å²) in [6.45, 7) is 0.510. The maximum atomic E-state index is 10.7. The SMILES string of the molecule is Cc1cc(N(CC(=O)O)CC(=O)O)cc([N+](=O)[O-])c1. The van der Waals surface area contributed by atoms with Crippen LogP contribution in [-0.2, 0) is 9.59 Å². The quantitative estimate of drug-likeness (QED) is 0.580. The number of rotatable bonds is 6. The zero-order valence-electron chi connectivity index (χ0n) is 10.1. The highest BCUT2D eigenvalue weighted by molar-refractivity contribution is 5.80. The van der Waals surface area contributed by atoms with E-state index in [0.29, 0.717) is 5.56 Å². The molecule has 1 aromatic rings. The molecule has 0 radical (unpaired) electrons. The number of hydrogen-bond donors (Lipinski definition) is 2. The normalized spacial score (nSPS) is 9.95. The Bertz CT molecular complexity index is 512. The molecule has 0 aromatic heterocycles. The van der Waals surface area contributed by atoms with Crippen molar-refractivity contribution in [2.24, 2.45) is 0 Å². The number of carbonyl (C=O) groups is 2. The summed E-state index contributed by atoms with van der Waals surface area (Å²) in [6.07, 6.45) is 0. The summed E-state index contributed by atoms with van der Waals surface area (Å²) < 4.78 is 0. The van der Waals surface area contributed by atoms with E-state index in [4.69, 9.17) is 10.2 Å². The van der Waals surface area contributed by atoms with Gasteiger partial charge in [0.1, 0.15) is 13.1 Å². The van der Waals surface area contributed by atoms with Gasteiger partial charge in [0.05, 0.1) is 4.92 Å². The Morgan fingerprint density at radius 2 is 1.74 bits per heavy atom. The molecule has 0 heterocycles. The average Bonchev–Trinajstić information content (AvgIpc) is 2.25. The maximum absolute atomic E-state index is 10.7. The minimum Gasteiger partial charge on any atom is -0.480 e. The van der Waals surface area contributed by atoms with Crippen molar-refractivity contribution in [3.63, 3.8) is 0 Å². The first kappa shape index (κ1) is 14.4. The second-order valence-corrected chi connectivity index (χ2v) is 3.93. The van der Waals surface area contributed by atoms with Gasteiger partial charge >= 0.3 is 11.9 Å². The van der Waals surface area contributed by atoms with E-state index >= 15 is 0 Å². The van der Waals surface area contributed by atoms with Gasteiger partial charge in [0, 0.05) is 17.8 Å². The molecule has 0 atom stereocenters. The fourth-order valence-electron chi connectivity index (χ4n) is 1.60. The molecule has 19 heavy (non-hydrogen) atoms. The van der Waals surface area contributed by atoms with Crippen LogP contribution in [0.3, 0.4) is 0 Å². The van der Waals surface area contributed by atoms with Crippen LogP contribution in [0.1, 0.15) is 5.56 Å². The number of nitro groups is 1. The summed E-state index contributed by atoms with van der Waals surface area (Å²) in [5.74, 6) is -2.43. The van der Waals surface area contributed by atoms with Crippen molar-refractivity contribution in [2.45, 2.75) is 6.92 Å². The molecule has 0 unspecified atom stereocenters. The Morgan fingerprint density at radius 3 is 2.16 bits per heavy atom. The summed E-state index contributed by atoms with van der Waals surface area (Å²) in [6, 6.07) is 3.97. The van der Waals surface area contributed by atoms with Crippen molar-refractivity contribution >= 4 is 23.3 Å². The standard InChI is InChI=1S/C11H12N2O6/c1-7-2-8(4-9(3-7)13(18)19)12(5-10(14)15)6-11(16)17/h2-4H,5-6H2,1H3,(H,14,15)(H,16,17). The minimum atomic E-state index is -1.22. The lowest BCUT2D eigenvalue weighted by Gasteiger charge is -2.20. The van der Waals surface area contributed by atoms with Crippen LogP contribution in [0.2, 0.25) is 0 Å². The second-order valence-electron chi connectivity index (χ2n) is 3.93. The number of nitro benzene ring substituents is 1. The van der Waals surface area contributed by atoms with Crippen LogP contribution in [0.4, 0.5) is 11.4 Å². The van der Waals surface area contributed by atoms with Crippen LogP contribution in [0.25, 0.3) is 0 Å². The Morgan fingerprint density at radius 1 is 1.21 bits per heavy atom. The van der Waals surface area contributed by atoms with E-state index in [9.17, 15) is 19.7 Å². The van der Waals surface area contributed by atoms with Crippen molar-refractivity contribution < 1.29 is 24.7 Å². The first-order valence-electron chi connectivity index (χ1n) is 5.24. The summed E-state index contributed by atoms with van der Waals surface area (Å²) in [5, 5.41) is 28.2. The van der Waals surface area contributed by atoms with Crippen LogP contribution < -0.4 is 4.90 Å². The van der Waals surface area contributed by atoms with Gasteiger partial charge in [-0.3, -0.25) is 19.7 Å². The van der Waals surface area contributed by atoms with Crippen LogP contribution in [0.15, 0.2) is 18.2 Å².